The maximum absolute atomic E-state index is 5.93. The third kappa shape index (κ3) is 2.96. The van der Waals surface area contributed by atoms with E-state index in [9.17, 15) is 0 Å². The molecule has 8 nitrogen and oxygen atoms in total. The van der Waals surface area contributed by atoms with E-state index in [1.807, 2.05) is 0 Å². The van der Waals surface area contributed by atoms with E-state index >= 15 is 0 Å². The molecule has 2 aromatic heterocycles. The van der Waals surface area contributed by atoms with E-state index in [0.717, 1.165) is 56.4 Å². The van der Waals surface area contributed by atoms with Crippen LogP contribution in [-0.4, -0.2) is 52.2 Å². The molecule has 0 atom stereocenters. The van der Waals surface area contributed by atoms with E-state index < -0.39 is 0 Å². The molecule has 0 unspecified atom stereocenters. The van der Waals surface area contributed by atoms with Gasteiger partial charge in [-0.15, -0.1) is 0 Å². The van der Waals surface area contributed by atoms with Gasteiger partial charge in [-0.3, -0.25) is 4.98 Å². The first-order valence-corrected chi connectivity index (χ1v) is 8.35. The minimum atomic E-state index is 0.296. The van der Waals surface area contributed by atoms with E-state index in [1.54, 1.807) is 18.6 Å². The van der Waals surface area contributed by atoms with Crippen LogP contribution in [0.25, 0.3) is 0 Å². The van der Waals surface area contributed by atoms with Crippen molar-refractivity contribution in [1.29, 1.82) is 0 Å². The summed E-state index contributed by atoms with van der Waals surface area (Å²) in [6, 6.07) is 2.37. The molecule has 0 aromatic carbocycles. The molecule has 1 saturated carbocycles. The highest BCUT2D eigenvalue weighted by Crippen LogP contribution is 2.36. The summed E-state index contributed by atoms with van der Waals surface area (Å²) in [6.45, 7) is 3.51. The van der Waals surface area contributed by atoms with Crippen LogP contribution < -0.4 is 21.3 Å². The first-order chi connectivity index (χ1) is 11.7. The summed E-state index contributed by atoms with van der Waals surface area (Å²) >= 11 is 0. The quantitative estimate of drug-likeness (QED) is 0.833. The van der Waals surface area contributed by atoms with Crippen LogP contribution in [0.5, 0.6) is 0 Å². The number of nitrogens with two attached hydrogens (primary N) is 2. The van der Waals surface area contributed by atoms with Gasteiger partial charge in [-0.1, -0.05) is 0 Å². The number of piperazine rings is 1. The summed E-state index contributed by atoms with van der Waals surface area (Å²) in [5, 5.41) is 0. The van der Waals surface area contributed by atoms with Gasteiger partial charge in [0.05, 0.1) is 11.9 Å². The summed E-state index contributed by atoms with van der Waals surface area (Å²) in [5.74, 6) is 2.60. The molecule has 1 saturated heterocycles. The highest BCUT2D eigenvalue weighted by molar-refractivity contribution is 5.47. The number of hydrogen-bond donors (Lipinski definition) is 2. The van der Waals surface area contributed by atoms with E-state index in [4.69, 9.17) is 11.5 Å². The zero-order valence-corrected chi connectivity index (χ0v) is 13.5. The maximum atomic E-state index is 5.93. The van der Waals surface area contributed by atoms with Crippen LogP contribution in [0.15, 0.2) is 24.7 Å². The summed E-state index contributed by atoms with van der Waals surface area (Å²) in [7, 11) is 0. The fourth-order valence-corrected chi connectivity index (χ4v) is 3.37. The standard InChI is InChI=1S/C16H22N8/c17-12-7-11(8-12)13-9-14(22-16(18)21-13)23-3-5-24(6-4-23)15-10-19-1-2-20-15/h1-2,9-12H,3-8,17H2,(H2,18,21,22). The molecule has 4 rings (SSSR count). The van der Waals surface area contributed by atoms with Crippen molar-refractivity contribution < 1.29 is 0 Å². The normalized spacial score (nSPS) is 23.9. The SMILES string of the molecule is Nc1nc(C2CC(N)C2)cc(N2CCN(c3cnccn3)CC2)n1. The monoisotopic (exact) mass is 326 g/mol. The fraction of sp³-hybridized carbons (Fsp3) is 0.500. The Morgan fingerprint density at radius 3 is 2.29 bits per heavy atom. The zero-order valence-electron chi connectivity index (χ0n) is 13.5. The number of nitrogen functional groups attached to an aromatic ring is 1. The molecule has 8 heteroatoms. The minimum Gasteiger partial charge on any atom is -0.368 e. The first kappa shape index (κ1) is 15.1. The molecule has 0 radical (unpaired) electrons. The summed E-state index contributed by atoms with van der Waals surface area (Å²) < 4.78 is 0. The molecule has 1 aliphatic heterocycles. The van der Waals surface area contributed by atoms with E-state index in [2.05, 4.69) is 35.8 Å². The van der Waals surface area contributed by atoms with Crippen LogP contribution >= 0.6 is 0 Å². The third-order valence-electron chi connectivity index (χ3n) is 4.82. The molecule has 3 heterocycles. The van der Waals surface area contributed by atoms with Crippen molar-refractivity contribution in [3.05, 3.63) is 30.4 Å². The van der Waals surface area contributed by atoms with Crippen LogP contribution in [0, 0.1) is 0 Å². The Morgan fingerprint density at radius 1 is 0.958 bits per heavy atom. The Balaban J connectivity index is 1.45. The first-order valence-electron chi connectivity index (χ1n) is 8.35. The average molecular weight is 326 g/mol. The van der Waals surface area contributed by atoms with Gasteiger partial charge in [0.25, 0.3) is 0 Å². The molecule has 4 N–H and O–H groups in total. The summed E-state index contributed by atoms with van der Waals surface area (Å²) in [5.41, 5.74) is 12.8. The summed E-state index contributed by atoms with van der Waals surface area (Å²) in [6.07, 6.45) is 7.18. The van der Waals surface area contributed by atoms with Crippen molar-refractivity contribution in [2.24, 2.45) is 5.73 Å². The second-order valence-electron chi connectivity index (χ2n) is 6.48. The topological polar surface area (TPSA) is 110 Å². The zero-order chi connectivity index (χ0) is 16.5. The van der Waals surface area contributed by atoms with Crippen molar-refractivity contribution in [3.63, 3.8) is 0 Å². The van der Waals surface area contributed by atoms with Crippen LogP contribution in [0.1, 0.15) is 24.5 Å². The lowest BCUT2D eigenvalue weighted by molar-refractivity contribution is 0.345. The number of hydrogen-bond acceptors (Lipinski definition) is 8. The van der Waals surface area contributed by atoms with E-state index in [-0.39, 0.29) is 0 Å². The number of anilines is 3. The second kappa shape index (κ2) is 6.20. The van der Waals surface area contributed by atoms with Gasteiger partial charge in [-0.05, 0) is 12.8 Å². The Hall–Kier alpha value is -2.48. The average Bonchev–Trinajstić information content (AvgIpc) is 2.59. The Labute approximate surface area is 140 Å². The Bertz CT molecular complexity index is 692. The maximum Gasteiger partial charge on any atom is 0.222 e. The minimum absolute atomic E-state index is 0.296. The molecule has 2 aromatic rings. The van der Waals surface area contributed by atoms with Gasteiger partial charge in [0.1, 0.15) is 11.6 Å². The van der Waals surface area contributed by atoms with Gasteiger partial charge >= 0.3 is 0 Å². The smallest absolute Gasteiger partial charge is 0.222 e. The van der Waals surface area contributed by atoms with E-state index in [0.29, 0.717) is 17.9 Å². The number of nitrogens with zero attached hydrogens (tertiary/aromatic N) is 6. The molecule has 126 valence electrons. The van der Waals surface area contributed by atoms with Crippen molar-refractivity contribution in [3.8, 4) is 0 Å². The van der Waals surface area contributed by atoms with Crippen molar-refractivity contribution in [2.45, 2.75) is 24.8 Å². The van der Waals surface area contributed by atoms with Crippen LogP contribution in [-0.2, 0) is 0 Å². The fourth-order valence-electron chi connectivity index (χ4n) is 3.37. The lowest BCUT2D eigenvalue weighted by Crippen LogP contribution is -2.47. The van der Waals surface area contributed by atoms with Crippen molar-refractivity contribution in [2.75, 3.05) is 41.7 Å². The Morgan fingerprint density at radius 2 is 1.67 bits per heavy atom. The van der Waals surface area contributed by atoms with Crippen LogP contribution in [0.2, 0.25) is 0 Å². The molecular weight excluding hydrogens is 304 g/mol. The molecule has 0 spiro atoms. The predicted octanol–water partition coefficient (Wildman–Crippen LogP) is 0.380. The summed E-state index contributed by atoms with van der Waals surface area (Å²) in [4.78, 5) is 21.8. The predicted molar refractivity (Wildman–Crippen MR) is 92.9 cm³/mol. The van der Waals surface area contributed by atoms with Crippen LogP contribution in [0.4, 0.5) is 17.6 Å². The highest BCUT2D eigenvalue weighted by atomic mass is 15.3. The van der Waals surface area contributed by atoms with Gasteiger partial charge in [0, 0.05) is 56.6 Å². The van der Waals surface area contributed by atoms with Gasteiger partial charge in [-0.25, -0.2) is 9.97 Å². The third-order valence-corrected chi connectivity index (χ3v) is 4.82. The highest BCUT2D eigenvalue weighted by Gasteiger charge is 2.30. The largest absolute Gasteiger partial charge is 0.368 e. The molecule has 24 heavy (non-hydrogen) atoms. The Kier molecular flexibility index (Phi) is 3.89. The van der Waals surface area contributed by atoms with E-state index in [1.165, 1.54) is 0 Å². The van der Waals surface area contributed by atoms with Crippen LogP contribution in [0.3, 0.4) is 0 Å². The lowest BCUT2D eigenvalue weighted by Gasteiger charge is -2.36. The van der Waals surface area contributed by atoms with Gasteiger partial charge in [0.15, 0.2) is 0 Å². The molecule has 2 aliphatic rings. The molecular formula is C16H22N8. The van der Waals surface area contributed by atoms with Gasteiger partial charge in [0.2, 0.25) is 5.95 Å². The van der Waals surface area contributed by atoms with Gasteiger partial charge < -0.3 is 21.3 Å². The molecule has 0 amide bonds. The molecule has 2 fully saturated rings. The van der Waals surface area contributed by atoms with Crippen molar-refractivity contribution >= 4 is 17.6 Å². The number of rotatable bonds is 3. The molecule has 0 bridgehead atoms. The lowest BCUT2D eigenvalue weighted by atomic mass is 9.78. The molecule has 1 aliphatic carbocycles. The number of aromatic nitrogens is 4. The van der Waals surface area contributed by atoms with Gasteiger partial charge in [-0.2, -0.15) is 4.98 Å². The van der Waals surface area contributed by atoms with Crippen molar-refractivity contribution in [1.82, 2.24) is 19.9 Å². The second-order valence-corrected chi connectivity index (χ2v) is 6.48.